The normalized spacial score (nSPS) is 12.9. The zero-order chi connectivity index (χ0) is 24.4. The summed E-state index contributed by atoms with van der Waals surface area (Å²) >= 11 is 1.56. The van der Waals surface area contributed by atoms with E-state index >= 15 is 0 Å². The highest BCUT2D eigenvalue weighted by atomic mass is 32.1. The maximum absolute atomic E-state index is 12.9. The quantitative estimate of drug-likeness (QED) is 0.407. The molecule has 0 spiro atoms. The molecule has 2 aromatic carbocycles. The van der Waals surface area contributed by atoms with Crippen LogP contribution in [0.1, 0.15) is 23.1 Å². The zero-order valence-corrected chi connectivity index (χ0v) is 20.3. The number of carbonyl (C=O) groups excluding carboxylic acids is 2. The molecule has 1 aliphatic rings. The van der Waals surface area contributed by atoms with Gasteiger partial charge in [0.05, 0.1) is 32.4 Å². The number of rotatable bonds is 6. The van der Waals surface area contributed by atoms with E-state index in [1.165, 1.54) is 0 Å². The fourth-order valence-electron chi connectivity index (χ4n) is 4.01. The Morgan fingerprint density at radius 2 is 1.89 bits per heavy atom. The molecule has 1 aliphatic heterocycles. The monoisotopic (exact) mass is 491 g/mol. The Kier molecular flexibility index (Phi) is 6.37. The van der Waals surface area contributed by atoms with E-state index in [1.54, 1.807) is 42.4 Å². The number of urea groups is 1. The molecule has 35 heavy (non-hydrogen) atoms. The molecule has 2 amide bonds. The maximum Gasteiger partial charge on any atom is 0.322 e. The van der Waals surface area contributed by atoms with Crippen molar-refractivity contribution in [1.29, 1.82) is 0 Å². The van der Waals surface area contributed by atoms with E-state index in [2.05, 4.69) is 5.32 Å². The third-order valence-corrected chi connectivity index (χ3v) is 6.87. The number of aromatic nitrogens is 3. The Morgan fingerprint density at radius 3 is 2.60 bits per heavy atom. The highest BCUT2D eigenvalue weighted by Gasteiger charge is 2.26. The summed E-state index contributed by atoms with van der Waals surface area (Å²) in [5.41, 5.74) is 3.55. The number of carbonyl (C=O) groups is 2. The summed E-state index contributed by atoms with van der Waals surface area (Å²) in [6, 6.07) is 14.8. The number of ether oxygens (including phenoxy) is 2. The molecular formula is C25H25N5O4S. The van der Waals surface area contributed by atoms with Gasteiger partial charge in [-0.2, -0.15) is 4.98 Å². The molecular weight excluding hydrogens is 466 g/mol. The molecule has 0 saturated heterocycles. The summed E-state index contributed by atoms with van der Waals surface area (Å²) < 4.78 is 12.1. The van der Waals surface area contributed by atoms with Gasteiger partial charge in [-0.3, -0.25) is 4.79 Å². The van der Waals surface area contributed by atoms with Crippen LogP contribution in [0.25, 0.3) is 16.3 Å². The van der Waals surface area contributed by atoms with E-state index in [4.69, 9.17) is 19.6 Å². The van der Waals surface area contributed by atoms with Crippen LogP contribution in [0, 0.1) is 0 Å². The van der Waals surface area contributed by atoms with E-state index in [0.717, 1.165) is 32.4 Å². The standard InChI is InChI=1S/C25H25N5O4S/c1-3-34-22(31)14-16-4-8-18(9-5-16)26-24(32)29-13-12-20-21(15-29)35-25-27-23(28-30(20)25)17-6-10-19(33-2)11-7-17/h4-11H,3,12-15H2,1-2H3,(H,26,32). The van der Waals surface area contributed by atoms with Gasteiger partial charge in [-0.25, -0.2) is 9.31 Å². The van der Waals surface area contributed by atoms with Crippen LogP contribution < -0.4 is 10.1 Å². The molecule has 0 unspecified atom stereocenters. The fourth-order valence-corrected chi connectivity index (χ4v) is 5.13. The van der Waals surface area contributed by atoms with Crippen molar-refractivity contribution in [3.63, 3.8) is 0 Å². The van der Waals surface area contributed by atoms with E-state index in [9.17, 15) is 9.59 Å². The lowest BCUT2D eigenvalue weighted by Gasteiger charge is -2.26. The third-order valence-electron chi connectivity index (χ3n) is 5.82. The van der Waals surface area contributed by atoms with E-state index in [1.807, 2.05) is 40.9 Å². The molecule has 10 heteroatoms. The minimum absolute atomic E-state index is 0.160. The van der Waals surface area contributed by atoms with Crippen LogP contribution in [0.2, 0.25) is 0 Å². The smallest absolute Gasteiger partial charge is 0.322 e. The molecule has 5 rings (SSSR count). The molecule has 1 N–H and O–H groups in total. The van der Waals surface area contributed by atoms with Gasteiger partial charge in [-0.15, -0.1) is 5.10 Å². The third kappa shape index (κ3) is 4.83. The van der Waals surface area contributed by atoms with Crippen LogP contribution >= 0.6 is 11.3 Å². The molecule has 0 bridgehead atoms. The number of nitrogens with zero attached hydrogens (tertiary/aromatic N) is 4. The van der Waals surface area contributed by atoms with Gasteiger partial charge in [-0.05, 0) is 48.9 Å². The lowest BCUT2D eigenvalue weighted by molar-refractivity contribution is -0.142. The van der Waals surface area contributed by atoms with Crippen molar-refractivity contribution in [2.75, 3.05) is 25.6 Å². The molecule has 0 aliphatic carbocycles. The number of hydrogen-bond acceptors (Lipinski definition) is 7. The Hall–Kier alpha value is -3.92. The van der Waals surface area contributed by atoms with Crippen LogP contribution in [0.5, 0.6) is 5.75 Å². The van der Waals surface area contributed by atoms with Gasteiger partial charge >= 0.3 is 12.0 Å². The fraction of sp³-hybridized carbons (Fsp3) is 0.280. The summed E-state index contributed by atoms with van der Waals surface area (Å²) in [4.78, 5) is 32.9. The minimum atomic E-state index is -0.263. The van der Waals surface area contributed by atoms with Gasteiger partial charge in [0.15, 0.2) is 5.82 Å². The molecule has 9 nitrogen and oxygen atoms in total. The average molecular weight is 492 g/mol. The van der Waals surface area contributed by atoms with Gasteiger partial charge in [0, 0.05) is 29.1 Å². The Morgan fingerprint density at radius 1 is 1.11 bits per heavy atom. The number of esters is 1. The second kappa shape index (κ2) is 9.75. The first-order valence-electron chi connectivity index (χ1n) is 11.4. The number of methoxy groups -OCH3 is 1. The molecule has 4 aromatic rings. The summed E-state index contributed by atoms with van der Waals surface area (Å²) in [6.07, 6.45) is 0.915. The molecule has 0 atom stereocenters. The predicted molar refractivity (Wildman–Crippen MR) is 133 cm³/mol. The number of nitrogens with one attached hydrogen (secondary N) is 1. The Bertz CT molecular complexity index is 1360. The van der Waals surface area contributed by atoms with Gasteiger partial charge in [0.25, 0.3) is 0 Å². The van der Waals surface area contributed by atoms with Crippen LogP contribution in [-0.2, 0) is 28.9 Å². The highest BCUT2D eigenvalue weighted by molar-refractivity contribution is 7.17. The summed E-state index contributed by atoms with van der Waals surface area (Å²) in [5.74, 6) is 1.20. The minimum Gasteiger partial charge on any atom is -0.497 e. The SMILES string of the molecule is CCOC(=O)Cc1ccc(NC(=O)N2CCc3c(sc4nc(-c5ccc(OC)cc5)nn34)C2)cc1. The summed E-state index contributed by atoms with van der Waals surface area (Å²) in [6.45, 7) is 3.24. The Labute approximate surface area is 206 Å². The van der Waals surface area contributed by atoms with Crippen molar-refractivity contribution in [3.8, 4) is 17.1 Å². The van der Waals surface area contributed by atoms with Crippen molar-refractivity contribution >= 4 is 34.0 Å². The van der Waals surface area contributed by atoms with Crippen LogP contribution in [0.3, 0.4) is 0 Å². The van der Waals surface area contributed by atoms with Crippen LogP contribution in [-0.4, -0.2) is 51.8 Å². The average Bonchev–Trinajstić information content (AvgIpc) is 3.43. The number of fused-ring (bicyclic) bond motifs is 3. The lowest BCUT2D eigenvalue weighted by atomic mass is 10.1. The van der Waals surface area contributed by atoms with Gasteiger partial charge in [0.1, 0.15) is 5.75 Å². The van der Waals surface area contributed by atoms with Crippen LogP contribution in [0.4, 0.5) is 10.5 Å². The number of hydrogen-bond donors (Lipinski definition) is 1. The number of anilines is 1. The van der Waals surface area contributed by atoms with Crippen molar-refractivity contribution in [1.82, 2.24) is 19.5 Å². The van der Waals surface area contributed by atoms with Gasteiger partial charge in [0.2, 0.25) is 4.96 Å². The second-order valence-corrected chi connectivity index (χ2v) is 9.17. The summed E-state index contributed by atoms with van der Waals surface area (Å²) in [7, 11) is 1.64. The van der Waals surface area contributed by atoms with E-state index in [0.29, 0.717) is 37.6 Å². The van der Waals surface area contributed by atoms with Gasteiger partial charge < -0.3 is 19.7 Å². The second-order valence-electron chi connectivity index (χ2n) is 8.11. The number of amides is 2. The largest absolute Gasteiger partial charge is 0.497 e. The molecule has 3 heterocycles. The van der Waals surface area contributed by atoms with Crippen LogP contribution in [0.15, 0.2) is 48.5 Å². The van der Waals surface area contributed by atoms with Crippen molar-refractivity contribution in [3.05, 3.63) is 64.7 Å². The summed E-state index contributed by atoms with van der Waals surface area (Å²) in [5, 5.41) is 7.66. The first kappa shape index (κ1) is 22.9. The predicted octanol–water partition coefficient (Wildman–Crippen LogP) is 4.16. The molecule has 2 aromatic heterocycles. The molecule has 0 radical (unpaired) electrons. The Balaban J connectivity index is 1.24. The van der Waals surface area contributed by atoms with Crippen molar-refractivity contribution < 1.29 is 19.1 Å². The molecule has 180 valence electrons. The first-order chi connectivity index (χ1) is 17.0. The van der Waals surface area contributed by atoms with Crippen molar-refractivity contribution in [2.45, 2.75) is 26.3 Å². The maximum atomic E-state index is 12.9. The van der Waals surface area contributed by atoms with Crippen molar-refractivity contribution in [2.24, 2.45) is 0 Å². The molecule has 0 fully saturated rings. The topological polar surface area (TPSA) is 98.1 Å². The zero-order valence-electron chi connectivity index (χ0n) is 19.5. The van der Waals surface area contributed by atoms with E-state index in [-0.39, 0.29) is 18.4 Å². The lowest BCUT2D eigenvalue weighted by Crippen LogP contribution is -2.38. The number of thiazole rings is 1. The first-order valence-corrected chi connectivity index (χ1v) is 12.2. The number of benzene rings is 2. The van der Waals surface area contributed by atoms with E-state index < -0.39 is 0 Å². The van der Waals surface area contributed by atoms with Gasteiger partial charge in [-0.1, -0.05) is 23.5 Å². The highest BCUT2D eigenvalue weighted by Crippen LogP contribution is 2.30. The molecule has 0 saturated carbocycles.